The SMILES string of the molecule is Cc1cc(N(C)Cc2ccccc2)ccc1CC(C)N. The first-order valence-corrected chi connectivity index (χ1v) is 7.16. The lowest BCUT2D eigenvalue weighted by molar-refractivity contribution is 0.734. The van der Waals surface area contributed by atoms with Crippen molar-refractivity contribution in [1.82, 2.24) is 0 Å². The van der Waals surface area contributed by atoms with E-state index in [1.807, 2.05) is 0 Å². The summed E-state index contributed by atoms with van der Waals surface area (Å²) >= 11 is 0. The highest BCUT2D eigenvalue weighted by molar-refractivity contribution is 5.50. The summed E-state index contributed by atoms with van der Waals surface area (Å²) in [4.78, 5) is 2.28. The van der Waals surface area contributed by atoms with E-state index in [-0.39, 0.29) is 6.04 Å². The smallest absolute Gasteiger partial charge is 0.0426 e. The maximum Gasteiger partial charge on any atom is 0.0426 e. The Morgan fingerprint density at radius 2 is 1.80 bits per heavy atom. The van der Waals surface area contributed by atoms with Gasteiger partial charge in [0.1, 0.15) is 0 Å². The molecule has 2 aromatic carbocycles. The Morgan fingerprint density at radius 1 is 1.10 bits per heavy atom. The molecule has 20 heavy (non-hydrogen) atoms. The third-order valence-electron chi connectivity index (χ3n) is 3.57. The van der Waals surface area contributed by atoms with Crippen LogP contribution in [0.3, 0.4) is 0 Å². The number of hydrogen-bond donors (Lipinski definition) is 1. The molecule has 2 heteroatoms. The summed E-state index contributed by atoms with van der Waals surface area (Å²) < 4.78 is 0. The molecule has 0 bridgehead atoms. The van der Waals surface area contributed by atoms with Crippen molar-refractivity contribution in [1.29, 1.82) is 0 Å². The van der Waals surface area contributed by atoms with Crippen LogP contribution >= 0.6 is 0 Å². The van der Waals surface area contributed by atoms with E-state index in [0.29, 0.717) is 0 Å². The molecule has 1 atom stereocenters. The summed E-state index contributed by atoms with van der Waals surface area (Å²) in [5, 5.41) is 0. The summed E-state index contributed by atoms with van der Waals surface area (Å²) in [6.45, 7) is 5.14. The summed E-state index contributed by atoms with van der Waals surface area (Å²) in [5.41, 5.74) is 11.1. The molecule has 0 spiro atoms. The van der Waals surface area contributed by atoms with Gasteiger partial charge in [-0.2, -0.15) is 0 Å². The molecule has 0 amide bonds. The number of nitrogens with two attached hydrogens (primary N) is 1. The van der Waals surface area contributed by atoms with Crippen LogP contribution in [0.15, 0.2) is 48.5 Å². The summed E-state index contributed by atoms with van der Waals surface area (Å²) in [5.74, 6) is 0. The van der Waals surface area contributed by atoms with Gasteiger partial charge in [0.25, 0.3) is 0 Å². The fourth-order valence-electron chi connectivity index (χ4n) is 2.44. The number of anilines is 1. The van der Waals surface area contributed by atoms with Gasteiger partial charge in [0.15, 0.2) is 0 Å². The van der Waals surface area contributed by atoms with Crippen LogP contribution in [0.1, 0.15) is 23.6 Å². The van der Waals surface area contributed by atoms with Gasteiger partial charge in [0, 0.05) is 25.3 Å². The van der Waals surface area contributed by atoms with Crippen LogP contribution in [0.25, 0.3) is 0 Å². The molecule has 0 aliphatic carbocycles. The number of aryl methyl sites for hydroxylation is 1. The van der Waals surface area contributed by atoms with Gasteiger partial charge >= 0.3 is 0 Å². The predicted octanol–water partition coefficient (Wildman–Crippen LogP) is 3.52. The van der Waals surface area contributed by atoms with E-state index in [1.165, 1.54) is 22.4 Å². The number of nitrogens with zero attached hydrogens (tertiary/aromatic N) is 1. The lowest BCUT2D eigenvalue weighted by Gasteiger charge is -2.21. The highest BCUT2D eigenvalue weighted by Gasteiger charge is 2.06. The zero-order chi connectivity index (χ0) is 14.5. The van der Waals surface area contributed by atoms with Gasteiger partial charge in [-0.3, -0.25) is 0 Å². The van der Waals surface area contributed by atoms with Gasteiger partial charge in [0.05, 0.1) is 0 Å². The molecular weight excluding hydrogens is 244 g/mol. The molecule has 2 rings (SSSR count). The van der Waals surface area contributed by atoms with Gasteiger partial charge in [-0.25, -0.2) is 0 Å². The van der Waals surface area contributed by atoms with Crippen LogP contribution in [0, 0.1) is 6.92 Å². The predicted molar refractivity (Wildman–Crippen MR) is 87.1 cm³/mol. The molecular formula is C18H24N2. The van der Waals surface area contributed by atoms with Crippen LogP contribution < -0.4 is 10.6 Å². The largest absolute Gasteiger partial charge is 0.370 e. The van der Waals surface area contributed by atoms with Crippen molar-refractivity contribution in [2.75, 3.05) is 11.9 Å². The minimum Gasteiger partial charge on any atom is -0.370 e. The standard InChI is InChI=1S/C18H24N2/c1-14-11-18(10-9-17(14)12-15(2)19)20(3)13-16-7-5-4-6-8-16/h4-11,15H,12-13,19H2,1-3H3. The van der Waals surface area contributed by atoms with Crippen molar-refractivity contribution in [2.24, 2.45) is 5.73 Å². The molecule has 106 valence electrons. The molecule has 0 heterocycles. The van der Waals surface area contributed by atoms with Crippen molar-refractivity contribution in [2.45, 2.75) is 32.9 Å². The maximum absolute atomic E-state index is 5.88. The van der Waals surface area contributed by atoms with Gasteiger partial charge in [-0.15, -0.1) is 0 Å². The Balaban J connectivity index is 2.11. The molecule has 2 aromatic rings. The van der Waals surface area contributed by atoms with E-state index in [0.717, 1.165) is 13.0 Å². The lowest BCUT2D eigenvalue weighted by Crippen LogP contribution is -2.19. The topological polar surface area (TPSA) is 29.3 Å². The van der Waals surface area contributed by atoms with Gasteiger partial charge in [0.2, 0.25) is 0 Å². The zero-order valence-corrected chi connectivity index (χ0v) is 12.6. The van der Waals surface area contributed by atoms with E-state index in [2.05, 4.69) is 74.3 Å². The molecule has 1 unspecified atom stereocenters. The average molecular weight is 268 g/mol. The van der Waals surface area contributed by atoms with E-state index in [1.54, 1.807) is 0 Å². The Labute approximate surface area is 122 Å². The minimum atomic E-state index is 0.210. The zero-order valence-electron chi connectivity index (χ0n) is 12.6. The second-order valence-corrected chi connectivity index (χ2v) is 5.63. The molecule has 0 aliphatic rings. The second kappa shape index (κ2) is 6.58. The monoisotopic (exact) mass is 268 g/mol. The Bertz CT molecular complexity index is 547. The molecule has 0 saturated heterocycles. The van der Waals surface area contributed by atoms with Crippen LogP contribution in [0.2, 0.25) is 0 Å². The lowest BCUT2D eigenvalue weighted by atomic mass is 10.0. The fraction of sp³-hybridized carbons (Fsp3) is 0.333. The van der Waals surface area contributed by atoms with Gasteiger partial charge in [-0.1, -0.05) is 36.4 Å². The van der Waals surface area contributed by atoms with Crippen LogP contribution in [0.5, 0.6) is 0 Å². The van der Waals surface area contributed by atoms with E-state index in [9.17, 15) is 0 Å². The first-order valence-electron chi connectivity index (χ1n) is 7.16. The Kier molecular flexibility index (Phi) is 4.80. The quantitative estimate of drug-likeness (QED) is 0.899. The van der Waals surface area contributed by atoms with Crippen LogP contribution in [-0.4, -0.2) is 13.1 Å². The van der Waals surface area contributed by atoms with Crippen LogP contribution in [0.4, 0.5) is 5.69 Å². The molecule has 0 aliphatic heterocycles. The van der Waals surface area contributed by atoms with Crippen molar-refractivity contribution < 1.29 is 0 Å². The highest BCUT2D eigenvalue weighted by atomic mass is 15.1. The van der Waals surface area contributed by atoms with Gasteiger partial charge in [-0.05, 0) is 49.1 Å². The average Bonchev–Trinajstić information content (AvgIpc) is 2.41. The third-order valence-corrected chi connectivity index (χ3v) is 3.57. The van der Waals surface area contributed by atoms with Gasteiger partial charge < -0.3 is 10.6 Å². The number of hydrogen-bond acceptors (Lipinski definition) is 2. The van der Waals surface area contributed by atoms with E-state index >= 15 is 0 Å². The van der Waals surface area contributed by atoms with Crippen molar-refractivity contribution in [3.8, 4) is 0 Å². The highest BCUT2D eigenvalue weighted by Crippen LogP contribution is 2.20. The molecule has 2 nitrogen and oxygen atoms in total. The van der Waals surface area contributed by atoms with Crippen molar-refractivity contribution in [3.63, 3.8) is 0 Å². The third kappa shape index (κ3) is 3.84. The molecule has 0 saturated carbocycles. The number of benzene rings is 2. The number of rotatable bonds is 5. The molecule has 0 aromatic heterocycles. The van der Waals surface area contributed by atoms with Crippen molar-refractivity contribution in [3.05, 3.63) is 65.2 Å². The normalized spacial score (nSPS) is 12.2. The molecule has 2 N–H and O–H groups in total. The fourth-order valence-corrected chi connectivity index (χ4v) is 2.44. The van der Waals surface area contributed by atoms with E-state index < -0.39 is 0 Å². The summed E-state index contributed by atoms with van der Waals surface area (Å²) in [7, 11) is 2.13. The van der Waals surface area contributed by atoms with Crippen LogP contribution in [-0.2, 0) is 13.0 Å². The second-order valence-electron chi connectivity index (χ2n) is 5.63. The first kappa shape index (κ1) is 14.6. The van der Waals surface area contributed by atoms with Crippen molar-refractivity contribution >= 4 is 5.69 Å². The minimum absolute atomic E-state index is 0.210. The molecule has 0 fully saturated rings. The summed E-state index contributed by atoms with van der Waals surface area (Å²) in [6, 6.07) is 17.4. The molecule has 0 radical (unpaired) electrons. The Morgan fingerprint density at radius 3 is 2.40 bits per heavy atom. The van der Waals surface area contributed by atoms with E-state index in [4.69, 9.17) is 5.73 Å². The maximum atomic E-state index is 5.88. The Hall–Kier alpha value is -1.80. The first-order chi connectivity index (χ1) is 9.56. The summed E-state index contributed by atoms with van der Waals surface area (Å²) in [6.07, 6.45) is 0.939.